The molecule has 4 rings (SSSR count). The number of aryl methyl sites for hydroxylation is 2. The quantitative estimate of drug-likeness (QED) is 0.670. The fourth-order valence-corrected chi connectivity index (χ4v) is 3.72. The summed E-state index contributed by atoms with van der Waals surface area (Å²) in [5.74, 6) is -1.67. The first-order chi connectivity index (χ1) is 14.0. The molecule has 0 fully saturated rings. The van der Waals surface area contributed by atoms with Gasteiger partial charge in [0.05, 0.1) is 16.8 Å². The summed E-state index contributed by atoms with van der Waals surface area (Å²) in [5.41, 5.74) is 3.87. The van der Waals surface area contributed by atoms with Gasteiger partial charge in [0.15, 0.2) is 6.61 Å². The van der Waals surface area contributed by atoms with Crippen molar-refractivity contribution in [2.45, 2.75) is 32.6 Å². The highest BCUT2D eigenvalue weighted by Gasteiger charge is 2.24. The number of pyridine rings is 1. The Morgan fingerprint density at radius 3 is 2.76 bits per heavy atom. The number of rotatable bonds is 4. The zero-order valence-electron chi connectivity index (χ0n) is 16.1. The Morgan fingerprint density at radius 2 is 1.93 bits per heavy atom. The zero-order valence-corrected chi connectivity index (χ0v) is 16.1. The number of halogens is 1. The molecule has 5 nitrogen and oxygen atoms in total. The van der Waals surface area contributed by atoms with Gasteiger partial charge in [0, 0.05) is 11.1 Å². The maximum Gasteiger partial charge on any atom is 0.339 e. The van der Waals surface area contributed by atoms with Crippen LogP contribution in [0.2, 0.25) is 0 Å². The minimum absolute atomic E-state index is 0.0587. The van der Waals surface area contributed by atoms with Crippen LogP contribution < -0.4 is 5.32 Å². The van der Waals surface area contributed by atoms with Crippen LogP contribution in [0.25, 0.3) is 10.9 Å². The van der Waals surface area contributed by atoms with Gasteiger partial charge in [-0.15, -0.1) is 0 Å². The second-order valence-electron chi connectivity index (χ2n) is 7.24. The number of nitrogens with zero attached hydrogens (tertiary/aromatic N) is 1. The highest BCUT2D eigenvalue weighted by molar-refractivity contribution is 6.06. The van der Waals surface area contributed by atoms with Crippen LogP contribution in [0.4, 0.5) is 10.1 Å². The third-order valence-corrected chi connectivity index (χ3v) is 5.11. The number of carbonyl (C=O) groups excluding carboxylic acids is 2. The number of nitrogens with one attached hydrogen (secondary N) is 1. The van der Waals surface area contributed by atoms with Gasteiger partial charge in [-0.05, 0) is 61.9 Å². The van der Waals surface area contributed by atoms with Crippen molar-refractivity contribution >= 4 is 28.5 Å². The molecule has 0 saturated carbocycles. The normalized spacial score (nSPS) is 13.0. The number of esters is 1. The molecular formula is C23H21FN2O3. The number of anilines is 1. The highest BCUT2D eigenvalue weighted by atomic mass is 19.1. The molecule has 0 saturated heterocycles. The third kappa shape index (κ3) is 3.97. The number of aromatic nitrogens is 1. The van der Waals surface area contributed by atoms with E-state index in [0.29, 0.717) is 5.56 Å². The summed E-state index contributed by atoms with van der Waals surface area (Å²) in [4.78, 5) is 29.8. The van der Waals surface area contributed by atoms with Crippen molar-refractivity contribution in [2.24, 2.45) is 0 Å². The Hall–Kier alpha value is -3.28. The number of hydrogen-bond donors (Lipinski definition) is 1. The molecule has 6 heteroatoms. The van der Waals surface area contributed by atoms with Gasteiger partial charge in [0.1, 0.15) is 5.82 Å². The lowest BCUT2D eigenvalue weighted by atomic mass is 9.90. The first-order valence-electron chi connectivity index (χ1n) is 9.66. The van der Waals surface area contributed by atoms with Gasteiger partial charge in [-0.1, -0.05) is 24.3 Å². The Kier molecular flexibility index (Phi) is 5.25. The molecule has 148 valence electrons. The first-order valence-corrected chi connectivity index (χ1v) is 9.66. The number of ether oxygens (including phenoxy) is 1. The van der Waals surface area contributed by atoms with E-state index in [1.54, 1.807) is 13.0 Å². The molecule has 0 spiro atoms. The van der Waals surface area contributed by atoms with E-state index in [4.69, 9.17) is 9.72 Å². The smallest absolute Gasteiger partial charge is 0.339 e. The largest absolute Gasteiger partial charge is 0.452 e. The Labute approximate surface area is 167 Å². The summed E-state index contributed by atoms with van der Waals surface area (Å²) in [7, 11) is 0. The molecule has 1 aliphatic carbocycles. The van der Waals surface area contributed by atoms with Gasteiger partial charge < -0.3 is 10.1 Å². The van der Waals surface area contributed by atoms with Crippen LogP contribution in [0.15, 0.2) is 42.5 Å². The highest BCUT2D eigenvalue weighted by Crippen LogP contribution is 2.29. The minimum Gasteiger partial charge on any atom is -0.452 e. The van der Waals surface area contributed by atoms with Crippen LogP contribution in [0, 0.1) is 12.7 Å². The lowest BCUT2D eigenvalue weighted by Gasteiger charge is -2.20. The third-order valence-electron chi connectivity index (χ3n) is 5.11. The molecule has 0 radical (unpaired) electrons. The molecule has 1 amide bonds. The summed E-state index contributed by atoms with van der Waals surface area (Å²) in [6.45, 7) is 1.27. The van der Waals surface area contributed by atoms with E-state index in [0.717, 1.165) is 53.4 Å². The summed E-state index contributed by atoms with van der Waals surface area (Å²) < 4.78 is 19.2. The van der Waals surface area contributed by atoms with Crippen molar-refractivity contribution in [1.29, 1.82) is 0 Å². The molecule has 0 unspecified atom stereocenters. The molecule has 3 aromatic rings. The number of fused-ring (bicyclic) bond motifs is 2. The second-order valence-corrected chi connectivity index (χ2v) is 7.24. The Bertz CT molecular complexity index is 1110. The van der Waals surface area contributed by atoms with E-state index >= 15 is 0 Å². The van der Waals surface area contributed by atoms with Crippen molar-refractivity contribution in [1.82, 2.24) is 4.98 Å². The maximum atomic E-state index is 13.9. The molecule has 1 aliphatic rings. The Balaban J connectivity index is 1.54. The van der Waals surface area contributed by atoms with Crippen molar-refractivity contribution in [2.75, 3.05) is 11.9 Å². The van der Waals surface area contributed by atoms with Gasteiger partial charge in [0.25, 0.3) is 5.91 Å². The molecule has 1 heterocycles. The number of hydrogen-bond acceptors (Lipinski definition) is 4. The van der Waals surface area contributed by atoms with Gasteiger partial charge in [-0.25, -0.2) is 9.18 Å². The predicted molar refractivity (Wildman–Crippen MR) is 108 cm³/mol. The molecule has 2 aromatic carbocycles. The zero-order chi connectivity index (χ0) is 20.4. The van der Waals surface area contributed by atoms with Crippen LogP contribution in [0.5, 0.6) is 0 Å². The van der Waals surface area contributed by atoms with E-state index in [1.165, 1.54) is 12.1 Å². The topological polar surface area (TPSA) is 68.3 Å². The maximum absolute atomic E-state index is 13.9. The van der Waals surface area contributed by atoms with E-state index in [2.05, 4.69) is 5.32 Å². The van der Waals surface area contributed by atoms with Crippen LogP contribution in [0.1, 0.15) is 40.0 Å². The van der Waals surface area contributed by atoms with Crippen molar-refractivity contribution in [3.8, 4) is 0 Å². The molecule has 1 N–H and O–H groups in total. The van der Waals surface area contributed by atoms with Gasteiger partial charge >= 0.3 is 5.97 Å². The van der Waals surface area contributed by atoms with E-state index in [1.807, 2.05) is 24.3 Å². The Morgan fingerprint density at radius 1 is 1.14 bits per heavy atom. The fraction of sp³-hybridized carbons (Fsp3) is 0.261. The predicted octanol–water partition coefficient (Wildman–Crippen LogP) is 4.36. The molecule has 0 aliphatic heterocycles. The van der Waals surface area contributed by atoms with Crippen LogP contribution >= 0.6 is 0 Å². The van der Waals surface area contributed by atoms with Crippen LogP contribution in [0.3, 0.4) is 0 Å². The van der Waals surface area contributed by atoms with E-state index in [9.17, 15) is 14.0 Å². The summed E-state index contributed by atoms with van der Waals surface area (Å²) >= 11 is 0. The first kappa shape index (κ1) is 19.1. The SMILES string of the molecule is Cc1ccc(NC(=O)COC(=O)c2c3c(nc4ccccc24)CCCC3)c(F)c1. The van der Waals surface area contributed by atoms with E-state index < -0.39 is 24.3 Å². The lowest BCUT2D eigenvalue weighted by molar-refractivity contribution is -0.119. The lowest BCUT2D eigenvalue weighted by Crippen LogP contribution is -2.23. The van der Waals surface area contributed by atoms with Crippen molar-refractivity contribution in [3.63, 3.8) is 0 Å². The average Bonchev–Trinajstić information content (AvgIpc) is 2.72. The standard InChI is InChI=1S/C23H21FN2O3/c1-14-10-11-20(17(24)12-14)26-21(27)13-29-23(28)22-15-6-2-4-8-18(15)25-19-9-5-3-7-16(19)22/h2,4,6,8,10-12H,3,5,7,9,13H2,1H3,(H,26,27). The second kappa shape index (κ2) is 7.99. The molecule has 0 bridgehead atoms. The summed E-state index contributed by atoms with van der Waals surface area (Å²) in [6.07, 6.45) is 3.61. The van der Waals surface area contributed by atoms with E-state index in [-0.39, 0.29) is 5.69 Å². The number of para-hydroxylation sites is 1. The number of carbonyl (C=O) groups is 2. The minimum atomic E-state index is -0.590. The molecular weight excluding hydrogens is 371 g/mol. The van der Waals surface area contributed by atoms with Gasteiger partial charge in [-0.3, -0.25) is 9.78 Å². The molecule has 0 atom stereocenters. The van der Waals surface area contributed by atoms with Gasteiger partial charge in [0.2, 0.25) is 0 Å². The fourth-order valence-electron chi connectivity index (χ4n) is 3.72. The van der Waals surface area contributed by atoms with Crippen molar-refractivity contribution < 1.29 is 18.7 Å². The summed E-state index contributed by atoms with van der Waals surface area (Å²) in [5, 5.41) is 3.17. The monoisotopic (exact) mass is 392 g/mol. The van der Waals surface area contributed by atoms with Crippen molar-refractivity contribution in [3.05, 3.63) is 70.7 Å². The average molecular weight is 392 g/mol. The van der Waals surface area contributed by atoms with Crippen LogP contribution in [-0.2, 0) is 22.4 Å². The van der Waals surface area contributed by atoms with Crippen LogP contribution in [-0.4, -0.2) is 23.5 Å². The molecule has 29 heavy (non-hydrogen) atoms. The number of benzene rings is 2. The summed E-state index contributed by atoms with van der Waals surface area (Å²) in [6, 6.07) is 11.9. The number of amides is 1. The van der Waals surface area contributed by atoms with Gasteiger partial charge in [-0.2, -0.15) is 0 Å². The molecule has 1 aromatic heterocycles.